The Kier molecular flexibility index (Phi) is 5.85. The normalized spacial score (nSPS) is 24.6. The van der Waals surface area contributed by atoms with E-state index in [1.807, 2.05) is 23.1 Å². The molecule has 0 aromatic heterocycles. The summed E-state index contributed by atoms with van der Waals surface area (Å²) in [6, 6.07) is 10.1. The molecule has 3 aliphatic rings. The topological polar surface area (TPSA) is 61.9 Å². The van der Waals surface area contributed by atoms with Crippen LogP contribution in [0.5, 0.6) is 0 Å². The highest BCUT2D eigenvalue weighted by atomic mass is 16.5. The van der Waals surface area contributed by atoms with Gasteiger partial charge in [0.05, 0.1) is 18.2 Å². The second-order valence-electron chi connectivity index (χ2n) is 8.44. The Morgan fingerprint density at radius 2 is 1.93 bits per heavy atom. The van der Waals surface area contributed by atoms with E-state index in [4.69, 9.17) is 4.74 Å². The van der Waals surface area contributed by atoms with Crippen LogP contribution in [0, 0.1) is 0 Å². The fourth-order valence-corrected chi connectivity index (χ4v) is 4.77. The third kappa shape index (κ3) is 4.49. The summed E-state index contributed by atoms with van der Waals surface area (Å²) in [6.45, 7) is 2.66. The highest BCUT2D eigenvalue weighted by molar-refractivity contribution is 5.85. The maximum Gasteiger partial charge on any atom is 0.318 e. The maximum atomic E-state index is 12.6. The molecule has 6 heteroatoms. The number of ether oxygens (including phenoxy) is 1. The van der Waals surface area contributed by atoms with Crippen molar-refractivity contribution in [3.63, 3.8) is 0 Å². The van der Waals surface area contributed by atoms with Gasteiger partial charge in [-0.3, -0.25) is 4.79 Å². The van der Waals surface area contributed by atoms with Crippen molar-refractivity contribution in [2.75, 3.05) is 32.8 Å². The van der Waals surface area contributed by atoms with Gasteiger partial charge in [0.1, 0.15) is 6.54 Å². The van der Waals surface area contributed by atoms with Gasteiger partial charge in [-0.2, -0.15) is 0 Å². The van der Waals surface area contributed by atoms with E-state index in [1.54, 1.807) is 4.90 Å². The monoisotopic (exact) mass is 385 g/mol. The molecule has 1 spiro atoms. The van der Waals surface area contributed by atoms with Gasteiger partial charge in [0.2, 0.25) is 5.91 Å². The van der Waals surface area contributed by atoms with E-state index in [0.717, 1.165) is 25.7 Å². The zero-order chi connectivity index (χ0) is 19.4. The molecule has 1 aliphatic carbocycles. The van der Waals surface area contributed by atoms with E-state index in [2.05, 4.69) is 17.4 Å². The second kappa shape index (κ2) is 8.52. The minimum absolute atomic E-state index is 0.0118. The van der Waals surface area contributed by atoms with Crippen molar-refractivity contribution in [2.24, 2.45) is 0 Å². The molecule has 1 atom stereocenters. The molecule has 152 valence electrons. The van der Waals surface area contributed by atoms with Crippen molar-refractivity contribution in [1.82, 2.24) is 15.1 Å². The van der Waals surface area contributed by atoms with Crippen LogP contribution in [0.15, 0.2) is 30.3 Å². The number of carbonyl (C=O) groups excluding carboxylic acids is 2. The van der Waals surface area contributed by atoms with Gasteiger partial charge < -0.3 is 19.9 Å². The Labute approximate surface area is 167 Å². The average molecular weight is 386 g/mol. The summed E-state index contributed by atoms with van der Waals surface area (Å²) in [4.78, 5) is 28.6. The number of hydrogen-bond donors (Lipinski definition) is 1. The fourth-order valence-electron chi connectivity index (χ4n) is 4.77. The molecule has 2 saturated heterocycles. The first kappa shape index (κ1) is 19.2. The number of amides is 3. The zero-order valence-electron chi connectivity index (χ0n) is 16.6. The van der Waals surface area contributed by atoms with Crippen molar-refractivity contribution < 1.29 is 14.3 Å². The number of rotatable bonds is 4. The van der Waals surface area contributed by atoms with E-state index >= 15 is 0 Å². The van der Waals surface area contributed by atoms with Gasteiger partial charge in [-0.1, -0.05) is 49.6 Å². The first-order valence-corrected chi connectivity index (χ1v) is 10.6. The summed E-state index contributed by atoms with van der Waals surface area (Å²) >= 11 is 0. The van der Waals surface area contributed by atoms with Crippen molar-refractivity contribution >= 4 is 11.9 Å². The van der Waals surface area contributed by atoms with Crippen LogP contribution < -0.4 is 5.32 Å². The van der Waals surface area contributed by atoms with Gasteiger partial charge in [-0.25, -0.2) is 4.79 Å². The number of hydrogen-bond acceptors (Lipinski definition) is 3. The van der Waals surface area contributed by atoms with Crippen LogP contribution in [0.4, 0.5) is 4.79 Å². The summed E-state index contributed by atoms with van der Waals surface area (Å²) in [5.74, 6) is 0.0313. The average Bonchev–Trinajstić information content (AvgIpc) is 3.10. The molecule has 1 aromatic rings. The summed E-state index contributed by atoms with van der Waals surface area (Å²) in [5, 5.41) is 3.10. The number of piperazine rings is 1. The van der Waals surface area contributed by atoms with Gasteiger partial charge in [0, 0.05) is 19.6 Å². The van der Waals surface area contributed by atoms with Gasteiger partial charge in [0.25, 0.3) is 0 Å². The minimum Gasteiger partial charge on any atom is -0.373 e. The lowest BCUT2D eigenvalue weighted by molar-refractivity contribution is -0.134. The predicted molar refractivity (Wildman–Crippen MR) is 107 cm³/mol. The van der Waals surface area contributed by atoms with Gasteiger partial charge in [0.15, 0.2) is 0 Å². The van der Waals surface area contributed by atoms with E-state index in [0.29, 0.717) is 26.2 Å². The van der Waals surface area contributed by atoms with E-state index < -0.39 is 0 Å². The number of carbonyl (C=O) groups is 2. The van der Waals surface area contributed by atoms with Crippen molar-refractivity contribution in [3.05, 3.63) is 35.9 Å². The smallest absolute Gasteiger partial charge is 0.318 e. The highest BCUT2D eigenvalue weighted by Crippen LogP contribution is 2.39. The fraction of sp³-hybridized carbons (Fsp3) is 0.636. The molecular weight excluding hydrogens is 354 g/mol. The molecule has 0 radical (unpaired) electrons. The van der Waals surface area contributed by atoms with Crippen molar-refractivity contribution in [2.45, 2.75) is 56.6 Å². The molecular formula is C22H31N3O3. The standard InChI is InChI=1S/C22H31N3O3/c26-20-16-25(14-13-24(20)12-9-18-7-3-1-4-8-18)21(27)23-19-15-22(28-17-19)10-5-2-6-11-22/h1,3-4,7-8,19H,2,5-6,9-17H2,(H,23,27)/t19-/m1/s1. The Morgan fingerprint density at radius 3 is 2.68 bits per heavy atom. The molecule has 6 nitrogen and oxygen atoms in total. The summed E-state index contributed by atoms with van der Waals surface area (Å²) in [5.41, 5.74) is 1.22. The molecule has 0 bridgehead atoms. The lowest BCUT2D eigenvalue weighted by Crippen LogP contribution is -2.56. The van der Waals surface area contributed by atoms with Crippen molar-refractivity contribution in [1.29, 1.82) is 0 Å². The van der Waals surface area contributed by atoms with E-state index in [9.17, 15) is 9.59 Å². The molecule has 1 aromatic carbocycles. The van der Waals surface area contributed by atoms with Crippen LogP contribution in [0.3, 0.4) is 0 Å². The first-order chi connectivity index (χ1) is 13.6. The molecule has 3 amide bonds. The van der Waals surface area contributed by atoms with Crippen molar-refractivity contribution in [3.8, 4) is 0 Å². The van der Waals surface area contributed by atoms with Gasteiger partial charge >= 0.3 is 6.03 Å². The van der Waals surface area contributed by atoms with E-state index in [-0.39, 0.29) is 30.1 Å². The second-order valence-corrected chi connectivity index (χ2v) is 8.44. The lowest BCUT2D eigenvalue weighted by atomic mass is 9.82. The van der Waals surface area contributed by atoms with Gasteiger partial charge in [-0.05, 0) is 31.2 Å². The Balaban J connectivity index is 1.23. The molecule has 4 rings (SSSR count). The van der Waals surface area contributed by atoms with Crippen LogP contribution in [0.25, 0.3) is 0 Å². The number of nitrogens with zero attached hydrogens (tertiary/aromatic N) is 2. The van der Waals surface area contributed by atoms with Crippen LogP contribution in [-0.2, 0) is 16.0 Å². The molecule has 0 unspecified atom stereocenters. The molecule has 1 saturated carbocycles. The Bertz CT molecular complexity index is 688. The van der Waals surface area contributed by atoms with Crippen LogP contribution in [0.1, 0.15) is 44.1 Å². The molecule has 2 aliphatic heterocycles. The van der Waals surface area contributed by atoms with E-state index in [1.165, 1.54) is 24.8 Å². The van der Waals surface area contributed by atoms with Crippen LogP contribution in [-0.4, -0.2) is 66.2 Å². The van der Waals surface area contributed by atoms with Crippen LogP contribution >= 0.6 is 0 Å². The number of benzene rings is 1. The molecule has 1 N–H and O–H groups in total. The molecule has 3 fully saturated rings. The summed E-state index contributed by atoms with van der Waals surface area (Å²) < 4.78 is 6.09. The lowest BCUT2D eigenvalue weighted by Gasteiger charge is -2.35. The summed E-state index contributed by atoms with van der Waals surface area (Å²) in [7, 11) is 0. The third-order valence-electron chi connectivity index (χ3n) is 6.42. The van der Waals surface area contributed by atoms with Crippen LogP contribution in [0.2, 0.25) is 0 Å². The quantitative estimate of drug-likeness (QED) is 0.867. The first-order valence-electron chi connectivity index (χ1n) is 10.6. The minimum atomic E-state index is -0.127. The maximum absolute atomic E-state index is 12.6. The largest absolute Gasteiger partial charge is 0.373 e. The zero-order valence-corrected chi connectivity index (χ0v) is 16.6. The molecule has 28 heavy (non-hydrogen) atoms. The summed E-state index contributed by atoms with van der Waals surface area (Å²) in [6.07, 6.45) is 7.71. The predicted octanol–water partition coefficient (Wildman–Crippen LogP) is 2.57. The third-order valence-corrected chi connectivity index (χ3v) is 6.42. The number of nitrogens with one attached hydrogen (secondary N) is 1. The number of urea groups is 1. The Hall–Kier alpha value is -2.08. The Morgan fingerprint density at radius 1 is 1.14 bits per heavy atom. The highest BCUT2D eigenvalue weighted by Gasteiger charge is 2.42. The SMILES string of the molecule is O=C1CN(C(=O)N[C@H]2COC3(CCCCC3)C2)CCN1CCc1ccccc1. The molecule has 2 heterocycles. The van der Waals surface area contributed by atoms with Gasteiger partial charge in [-0.15, -0.1) is 0 Å².